The molecule has 272 valence electrons. The molecule has 3 rings (SSSR count). The number of nitrogens with one attached hydrogen (secondary N) is 2. The molecule has 1 heterocycles. The number of amides is 1. The van der Waals surface area contributed by atoms with Crippen LogP contribution in [0.2, 0.25) is 0 Å². The van der Waals surface area contributed by atoms with Crippen molar-refractivity contribution in [2.45, 2.75) is 41.0 Å². The third kappa shape index (κ3) is 11.4. The molecule has 1 aliphatic heterocycles. The SMILES string of the molecule is C=C/C(=C\C(NSC)=C(/CNC(=O)c1ccc(C)c(N(N)/C=C(N)/C(C)=C(\CCN2CCOCC2)N(N)c2ccccc2)c1)OC)C(C)(C)C. The predicted molar refractivity (Wildman–Crippen MR) is 209 cm³/mol. The highest BCUT2D eigenvalue weighted by atomic mass is 32.2. The van der Waals surface area contributed by atoms with Gasteiger partial charge < -0.3 is 25.2 Å². The Bertz CT molecular complexity index is 1570. The summed E-state index contributed by atoms with van der Waals surface area (Å²) < 4.78 is 14.5. The van der Waals surface area contributed by atoms with E-state index < -0.39 is 0 Å². The van der Waals surface area contributed by atoms with Crippen molar-refractivity contribution in [1.82, 2.24) is 14.9 Å². The minimum Gasteiger partial charge on any atom is -0.497 e. The van der Waals surface area contributed by atoms with Gasteiger partial charge in [0.2, 0.25) is 0 Å². The topological polar surface area (TPSA) is 147 Å². The molecular formula is C38H56N8O3S. The van der Waals surface area contributed by atoms with Gasteiger partial charge in [-0.3, -0.25) is 19.7 Å². The summed E-state index contributed by atoms with van der Waals surface area (Å²) in [4.78, 5) is 15.8. The van der Waals surface area contributed by atoms with E-state index in [0.717, 1.165) is 66.6 Å². The lowest BCUT2D eigenvalue weighted by atomic mass is 9.86. The summed E-state index contributed by atoms with van der Waals surface area (Å²) in [7, 11) is 1.59. The van der Waals surface area contributed by atoms with Crippen molar-refractivity contribution in [2.24, 2.45) is 22.8 Å². The number of aryl methyl sites for hydroxylation is 1. The number of allylic oxidation sites excluding steroid dienone is 4. The van der Waals surface area contributed by atoms with Gasteiger partial charge in [0.05, 0.1) is 49.6 Å². The van der Waals surface area contributed by atoms with E-state index in [2.05, 4.69) is 42.3 Å². The van der Waals surface area contributed by atoms with Gasteiger partial charge in [-0.05, 0) is 66.3 Å². The van der Waals surface area contributed by atoms with Gasteiger partial charge in [-0.25, -0.2) is 11.7 Å². The maximum absolute atomic E-state index is 13.4. The molecule has 0 aromatic heterocycles. The number of carbonyl (C=O) groups excluding carboxylic acids is 1. The monoisotopic (exact) mass is 704 g/mol. The summed E-state index contributed by atoms with van der Waals surface area (Å²) in [6.45, 7) is 18.4. The quantitative estimate of drug-likeness (QED) is 0.0499. The average Bonchev–Trinajstić information content (AvgIpc) is 3.10. The third-order valence-corrected chi connectivity index (χ3v) is 8.97. The molecule has 0 atom stereocenters. The highest BCUT2D eigenvalue weighted by Gasteiger charge is 2.19. The second kappa shape index (κ2) is 19.3. The van der Waals surface area contributed by atoms with Crippen LogP contribution in [0.4, 0.5) is 11.4 Å². The molecule has 1 fully saturated rings. The largest absolute Gasteiger partial charge is 0.497 e. The maximum atomic E-state index is 13.4. The normalized spacial score (nSPS) is 15.5. The summed E-state index contributed by atoms with van der Waals surface area (Å²) in [5.41, 5.74) is 13.3. The van der Waals surface area contributed by atoms with Crippen LogP contribution < -0.4 is 37.5 Å². The lowest BCUT2D eigenvalue weighted by Crippen LogP contribution is -2.39. The molecule has 0 saturated carbocycles. The number of nitrogens with zero attached hydrogens (tertiary/aromatic N) is 3. The molecule has 50 heavy (non-hydrogen) atoms. The van der Waals surface area contributed by atoms with Crippen LogP contribution in [-0.2, 0) is 9.47 Å². The molecule has 1 amide bonds. The zero-order valence-corrected chi connectivity index (χ0v) is 31.5. The molecule has 11 nitrogen and oxygen atoms in total. The van der Waals surface area contributed by atoms with Crippen LogP contribution in [-0.4, -0.2) is 63.6 Å². The van der Waals surface area contributed by atoms with Gasteiger partial charge in [0.15, 0.2) is 0 Å². The lowest BCUT2D eigenvalue weighted by Gasteiger charge is -2.30. The van der Waals surface area contributed by atoms with Crippen molar-refractivity contribution in [3.05, 3.63) is 119 Å². The number of para-hydroxylation sites is 1. The highest BCUT2D eigenvalue weighted by molar-refractivity contribution is 7.96. The number of rotatable bonds is 16. The first-order chi connectivity index (χ1) is 23.8. The van der Waals surface area contributed by atoms with E-state index in [0.29, 0.717) is 29.1 Å². The standard InChI is InChI=1S/C38H56N8O3S/c1-9-30(38(4,5)6)24-33(43-50-8)36(48-7)25-42-37(47)29-16-15-27(2)35(23-29)45(40)26-32(39)28(3)34(17-18-44-19-21-49-22-20-44)46(41)31-13-11-10-12-14-31/h9-16,23-24,26,43H,1,17-22,25,39-41H2,2-8H3,(H,42,47)/b30-24+,32-26-,34-28+,36-33-. The Balaban J connectivity index is 1.87. The number of morpholine rings is 1. The number of hydrogen-bond donors (Lipinski definition) is 5. The summed E-state index contributed by atoms with van der Waals surface area (Å²) in [6, 6.07) is 15.2. The number of anilines is 2. The van der Waals surface area contributed by atoms with E-state index in [-0.39, 0.29) is 17.9 Å². The number of ether oxygens (including phenoxy) is 2. The van der Waals surface area contributed by atoms with Crippen molar-refractivity contribution in [3.8, 4) is 0 Å². The minimum absolute atomic E-state index is 0.121. The molecular weight excluding hydrogens is 649 g/mol. The summed E-state index contributed by atoms with van der Waals surface area (Å²) >= 11 is 1.44. The second-order valence-corrected chi connectivity index (χ2v) is 13.7. The fourth-order valence-corrected chi connectivity index (χ4v) is 5.78. The van der Waals surface area contributed by atoms with Gasteiger partial charge in [0.25, 0.3) is 5.91 Å². The molecule has 8 N–H and O–H groups in total. The molecule has 2 aromatic rings. The Morgan fingerprint density at radius 1 is 1.14 bits per heavy atom. The molecule has 1 aliphatic rings. The van der Waals surface area contributed by atoms with E-state index in [9.17, 15) is 4.79 Å². The Kier molecular flexibility index (Phi) is 15.5. The summed E-state index contributed by atoms with van der Waals surface area (Å²) in [5.74, 6) is 13.6. The number of hydrogen-bond acceptors (Lipinski definition) is 11. The van der Waals surface area contributed by atoms with Gasteiger partial charge in [-0.1, -0.05) is 69.6 Å². The zero-order valence-electron chi connectivity index (χ0n) is 30.7. The van der Waals surface area contributed by atoms with Crippen molar-refractivity contribution in [2.75, 3.05) is 62.8 Å². The van der Waals surface area contributed by atoms with Crippen LogP contribution in [0.25, 0.3) is 0 Å². The van der Waals surface area contributed by atoms with E-state index in [1.807, 2.05) is 68.7 Å². The number of benzene rings is 2. The summed E-state index contributed by atoms with van der Waals surface area (Å²) in [5, 5.41) is 6.12. The molecule has 0 spiro atoms. The predicted octanol–water partition coefficient (Wildman–Crippen LogP) is 5.47. The first-order valence-electron chi connectivity index (χ1n) is 16.7. The Morgan fingerprint density at radius 2 is 1.82 bits per heavy atom. The fraction of sp³-hybridized carbons (Fsp3) is 0.395. The Labute approximate surface area is 303 Å². The van der Waals surface area contributed by atoms with Crippen molar-refractivity contribution in [3.63, 3.8) is 0 Å². The van der Waals surface area contributed by atoms with Crippen LogP contribution in [0.1, 0.15) is 50.0 Å². The number of methoxy groups -OCH3 is 1. The van der Waals surface area contributed by atoms with Gasteiger partial charge >= 0.3 is 0 Å². The summed E-state index contributed by atoms with van der Waals surface area (Å²) in [6.07, 6.45) is 8.10. The lowest BCUT2D eigenvalue weighted by molar-refractivity contribution is 0.0383. The number of nitrogens with two attached hydrogens (primary N) is 3. The smallest absolute Gasteiger partial charge is 0.251 e. The molecule has 2 aromatic carbocycles. The fourth-order valence-electron chi connectivity index (χ4n) is 5.39. The van der Waals surface area contributed by atoms with Gasteiger partial charge in [-0.15, -0.1) is 0 Å². The molecule has 0 radical (unpaired) electrons. The average molecular weight is 705 g/mol. The molecule has 12 heteroatoms. The van der Waals surface area contributed by atoms with Crippen molar-refractivity contribution >= 4 is 29.2 Å². The highest BCUT2D eigenvalue weighted by Crippen LogP contribution is 2.28. The molecule has 0 unspecified atom stereocenters. The van der Waals surface area contributed by atoms with E-state index in [1.54, 1.807) is 30.5 Å². The van der Waals surface area contributed by atoms with Crippen LogP contribution >= 0.6 is 11.9 Å². The third-order valence-electron chi connectivity index (χ3n) is 8.54. The van der Waals surface area contributed by atoms with Crippen molar-refractivity contribution < 1.29 is 14.3 Å². The van der Waals surface area contributed by atoms with Gasteiger partial charge in [0.1, 0.15) is 5.76 Å². The van der Waals surface area contributed by atoms with E-state index >= 15 is 0 Å². The van der Waals surface area contributed by atoms with Gasteiger partial charge in [0, 0.05) is 49.8 Å². The first-order valence-corrected chi connectivity index (χ1v) is 17.9. The zero-order chi connectivity index (χ0) is 36.8. The molecule has 1 saturated heterocycles. The van der Waals surface area contributed by atoms with E-state index in [4.69, 9.17) is 26.9 Å². The Hall–Kier alpha value is -4.20. The van der Waals surface area contributed by atoms with E-state index in [1.165, 1.54) is 17.0 Å². The number of carbonyl (C=O) groups is 1. The second-order valence-electron chi connectivity index (χ2n) is 13.1. The van der Waals surface area contributed by atoms with Gasteiger partial charge in [-0.2, -0.15) is 0 Å². The Morgan fingerprint density at radius 3 is 2.42 bits per heavy atom. The van der Waals surface area contributed by atoms with Crippen LogP contribution in [0, 0.1) is 12.3 Å². The van der Waals surface area contributed by atoms with Crippen LogP contribution in [0.15, 0.2) is 107 Å². The van der Waals surface area contributed by atoms with Crippen LogP contribution in [0.5, 0.6) is 0 Å². The molecule has 0 aliphatic carbocycles. The van der Waals surface area contributed by atoms with Crippen molar-refractivity contribution in [1.29, 1.82) is 0 Å². The van der Waals surface area contributed by atoms with Crippen LogP contribution in [0.3, 0.4) is 0 Å². The maximum Gasteiger partial charge on any atom is 0.251 e. The first kappa shape index (κ1) is 40.2. The minimum atomic E-state index is -0.276. The molecule has 0 bridgehead atoms. The number of hydrazine groups is 2.